The predicted octanol–water partition coefficient (Wildman–Crippen LogP) is 1.23. The van der Waals surface area contributed by atoms with Crippen LogP contribution in [-0.4, -0.2) is 26.8 Å². The fourth-order valence-electron chi connectivity index (χ4n) is 1.29. The van der Waals surface area contributed by atoms with Crippen LogP contribution in [0.3, 0.4) is 0 Å². The molecule has 0 atom stereocenters. The minimum absolute atomic E-state index is 0.178. The molecule has 1 heterocycles. The Bertz CT molecular complexity index is 272. The topological polar surface area (TPSA) is 42.7 Å². The number of nitrogens with zero attached hydrogens (tertiary/aromatic N) is 3. The van der Waals surface area contributed by atoms with Gasteiger partial charge in [-0.25, -0.2) is 0 Å². The molecule has 0 unspecified atom stereocenters. The smallest absolute Gasteiger partial charge is 0.134 e. The Morgan fingerprint density at radius 3 is 2.71 bits per heavy atom. The van der Waals surface area contributed by atoms with E-state index in [-0.39, 0.29) is 5.54 Å². The molecule has 4 nitrogen and oxygen atoms in total. The fraction of sp³-hybridized carbons (Fsp3) is 0.800. The lowest BCUT2D eigenvalue weighted by molar-refractivity contribution is 0.425. The van der Waals surface area contributed by atoms with Gasteiger partial charge in [0.1, 0.15) is 12.2 Å². The van der Waals surface area contributed by atoms with Crippen molar-refractivity contribution < 1.29 is 0 Å². The molecule has 14 heavy (non-hydrogen) atoms. The minimum atomic E-state index is 0.178. The Kier molecular flexibility index (Phi) is 3.63. The van der Waals surface area contributed by atoms with E-state index in [4.69, 9.17) is 0 Å². The Labute approximate surface area is 85.7 Å². The lowest BCUT2D eigenvalue weighted by atomic mass is 10.1. The lowest BCUT2D eigenvalue weighted by Crippen LogP contribution is -2.37. The standard InChI is InChI=1S/C10H20N4/c1-5-14-8-12-13-9(14)6-7-11-10(2,3)4/h8,11H,5-7H2,1-4H3. The van der Waals surface area contributed by atoms with Gasteiger partial charge < -0.3 is 9.88 Å². The largest absolute Gasteiger partial charge is 0.318 e. The number of hydrogen-bond acceptors (Lipinski definition) is 3. The molecular weight excluding hydrogens is 176 g/mol. The molecule has 0 saturated heterocycles. The van der Waals surface area contributed by atoms with Crippen molar-refractivity contribution in [3.8, 4) is 0 Å². The number of hydrogen-bond donors (Lipinski definition) is 1. The molecule has 0 bridgehead atoms. The van der Waals surface area contributed by atoms with Crippen molar-refractivity contribution in [3.05, 3.63) is 12.2 Å². The maximum absolute atomic E-state index is 4.08. The van der Waals surface area contributed by atoms with Crippen molar-refractivity contribution >= 4 is 0 Å². The van der Waals surface area contributed by atoms with Gasteiger partial charge >= 0.3 is 0 Å². The second-order valence-electron chi connectivity index (χ2n) is 4.46. The molecule has 0 aliphatic carbocycles. The summed E-state index contributed by atoms with van der Waals surface area (Å²) in [5.74, 6) is 1.06. The predicted molar refractivity (Wildman–Crippen MR) is 57.2 cm³/mol. The summed E-state index contributed by atoms with van der Waals surface area (Å²) in [4.78, 5) is 0. The van der Waals surface area contributed by atoms with Gasteiger partial charge in [0, 0.05) is 25.0 Å². The monoisotopic (exact) mass is 196 g/mol. The van der Waals surface area contributed by atoms with Crippen LogP contribution in [0, 0.1) is 0 Å². The van der Waals surface area contributed by atoms with E-state index in [1.165, 1.54) is 0 Å². The molecule has 1 aromatic heterocycles. The van der Waals surface area contributed by atoms with E-state index >= 15 is 0 Å². The van der Waals surface area contributed by atoms with Gasteiger partial charge in [-0.15, -0.1) is 10.2 Å². The van der Waals surface area contributed by atoms with Crippen LogP contribution in [0.25, 0.3) is 0 Å². The SMILES string of the molecule is CCn1cnnc1CCNC(C)(C)C. The fourth-order valence-corrected chi connectivity index (χ4v) is 1.29. The van der Waals surface area contributed by atoms with Crippen molar-refractivity contribution in [2.24, 2.45) is 0 Å². The molecule has 1 N–H and O–H groups in total. The highest BCUT2D eigenvalue weighted by Crippen LogP contribution is 2.00. The second kappa shape index (κ2) is 4.55. The van der Waals surface area contributed by atoms with Gasteiger partial charge in [0.15, 0.2) is 0 Å². The first-order valence-corrected chi connectivity index (χ1v) is 5.14. The zero-order valence-corrected chi connectivity index (χ0v) is 9.54. The molecule has 0 saturated carbocycles. The van der Waals surface area contributed by atoms with Gasteiger partial charge in [-0.3, -0.25) is 0 Å². The van der Waals surface area contributed by atoms with Gasteiger partial charge in [0.25, 0.3) is 0 Å². The van der Waals surface area contributed by atoms with E-state index in [1.807, 2.05) is 0 Å². The van der Waals surface area contributed by atoms with Crippen molar-refractivity contribution in [2.45, 2.75) is 46.2 Å². The van der Waals surface area contributed by atoms with Gasteiger partial charge in [0.2, 0.25) is 0 Å². The van der Waals surface area contributed by atoms with Crippen LogP contribution in [0.2, 0.25) is 0 Å². The van der Waals surface area contributed by atoms with Crippen molar-refractivity contribution in [1.82, 2.24) is 20.1 Å². The number of aromatic nitrogens is 3. The van der Waals surface area contributed by atoms with E-state index in [9.17, 15) is 0 Å². The summed E-state index contributed by atoms with van der Waals surface area (Å²) < 4.78 is 2.07. The molecular formula is C10H20N4. The van der Waals surface area contributed by atoms with Crippen LogP contribution in [0.5, 0.6) is 0 Å². The normalized spacial score (nSPS) is 12.0. The van der Waals surface area contributed by atoms with Crippen LogP contribution < -0.4 is 5.32 Å². The molecule has 0 amide bonds. The molecule has 0 spiro atoms. The van der Waals surface area contributed by atoms with Crippen molar-refractivity contribution in [2.75, 3.05) is 6.54 Å². The third-order valence-electron chi connectivity index (χ3n) is 2.04. The molecule has 4 heteroatoms. The molecule has 0 aliphatic rings. The Balaban J connectivity index is 2.38. The summed E-state index contributed by atoms with van der Waals surface area (Å²) in [6.45, 7) is 10.5. The third-order valence-corrected chi connectivity index (χ3v) is 2.04. The van der Waals surface area contributed by atoms with Crippen LogP contribution >= 0.6 is 0 Å². The number of rotatable bonds is 4. The summed E-state index contributed by atoms with van der Waals surface area (Å²) >= 11 is 0. The minimum Gasteiger partial charge on any atom is -0.318 e. The van der Waals surface area contributed by atoms with E-state index in [2.05, 4.69) is 47.8 Å². The summed E-state index contributed by atoms with van der Waals surface area (Å²) in [6.07, 6.45) is 2.72. The first-order chi connectivity index (χ1) is 6.53. The van der Waals surface area contributed by atoms with E-state index < -0.39 is 0 Å². The van der Waals surface area contributed by atoms with Crippen LogP contribution in [0.4, 0.5) is 0 Å². The number of aryl methyl sites for hydroxylation is 1. The van der Waals surface area contributed by atoms with Gasteiger partial charge in [-0.2, -0.15) is 0 Å². The highest BCUT2D eigenvalue weighted by Gasteiger charge is 2.09. The van der Waals surface area contributed by atoms with Gasteiger partial charge in [-0.1, -0.05) is 0 Å². The summed E-state index contributed by atoms with van der Waals surface area (Å²) in [7, 11) is 0. The highest BCUT2D eigenvalue weighted by atomic mass is 15.3. The number of nitrogens with one attached hydrogen (secondary N) is 1. The zero-order chi connectivity index (χ0) is 10.6. The van der Waals surface area contributed by atoms with E-state index in [1.54, 1.807) is 6.33 Å². The molecule has 80 valence electrons. The average molecular weight is 196 g/mol. The summed E-state index contributed by atoms with van der Waals surface area (Å²) in [5.41, 5.74) is 0.178. The zero-order valence-electron chi connectivity index (χ0n) is 9.54. The summed E-state index contributed by atoms with van der Waals surface area (Å²) in [6, 6.07) is 0. The maximum atomic E-state index is 4.08. The van der Waals surface area contributed by atoms with Crippen LogP contribution in [-0.2, 0) is 13.0 Å². The molecule has 1 aromatic rings. The third kappa shape index (κ3) is 3.46. The van der Waals surface area contributed by atoms with E-state index in [0.29, 0.717) is 0 Å². The first-order valence-electron chi connectivity index (χ1n) is 5.14. The quantitative estimate of drug-likeness (QED) is 0.787. The average Bonchev–Trinajstić information content (AvgIpc) is 2.49. The summed E-state index contributed by atoms with van der Waals surface area (Å²) in [5, 5.41) is 11.4. The van der Waals surface area contributed by atoms with Gasteiger partial charge in [-0.05, 0) is 27.7 Å². The Morgan fingerprint density at radius 1 is 1.43 bits per heavy atom. The first kappa shape index (κ1) is 11.2. The van der Waals surface area contributed by atoms with E-state index in [0.717, 1.165) is 25.3 Å². The highest BCUT2D eigenvalue weighted by molar-refractivity contribution is 4.87. The lowest BCUT2D eigenvalue weighted by Gasteiger charge is -2.20. The molecule has 0 aliphatic heterocycles. The Hall–Kier alpha value is -0.900. The van der Waals surface area contributed by atoms with Crippen molar-refractivity contribution in [3.63, 3.8) is 0 Å². The Morgan fingerprint density at radius 2 is 2.14 bits per heavy atom. The molecule has 0 radical (unpaired) electrons. The molecule has 0 aromatic carbocycles. The van der Waals surface area contributed by atoms with Crippen LogP contribution in [0.15, 0.2) is 6.33 Å². The molecule has 0 fully saturated rings. The van der Waals surface area contributed by atoms with Gasteiger partial charge in [0.05, 0.1) is 0 Å². The molecule has 1 rings (SSSR count). The van der Waals surface area contributed by atoms with Crippen molar-refractivity contribution in [1.29, 1.82) is 0 Å². The maximum Gasteiger partial charge on any atom is 0.134 e. The second-order valence-corrected chi connectivity index (χ2v) is 4.46. The van der Waals surface area contributed by atoms with Crippen LogP contribution in [0.1, 0.15) is 33.5 Å².